The zero-order chi connectivity index (χ0) is 12.3. The Kier molecular flexibility index (Phi) is 3.79. The molecule has 0 saturated heterocycles. The first kappa shape index (κ1) is 12.1. The van der Waals surface area contributed by atoms with Crippen molar-refractivity contribution in [3.05, 3.63) is 29.7 Å². The van der Waals surface area contributed by atoms with Crippen LogP contribution in [0.15, 0.2) is 22.6 Å². The van der Waals surface area contributed by atoms with Crippen LogP contribution in [-0.4, -0.2) is 17.6 Å². The molecule has 1 N–H and O–H groups in total. The Labute approximate surface area is 102 Å². The van der Waals surface area contributed by atoms with Crippen LogP contribution in [0.3, 0.4) is 0 Å². The van der Waals surface area contributed by atoms with Gasteiger partial charge in [0, 0.05) is 13.0 Å². The van der Waals surface area contributed by atoms with E-state index in [9.17, 15) is 0 Å². The summed E-state index contributed by atoms with van der Waals surface area (Å²) < 4.78 is 5.53. The molecular weight excluding hydrogens is 212 g/mol. The molecule has 0 unspecified atom stereocenters. The smallest absolute Gasteiger partial charge is 0.192 e. The van der Waals surface area contributed by atoms with Gasteiger partial charge in [-0.2, -0.15) is 0 Å². The lowest BCUT2D eigenvalue weighted by atomic mass is 10.1. The third-order valence-electron chi connectivity index (χ3n) is 2.75. The first-order valence-corrected chi connectivity index (χ1v) is 6.24. The molecule has 2 aromatic rings. The molecule has 17 heavy (non-hydrogen) atoms. The first-order valence-electron chi connectivity index (χ1n) is 6.24. The van der Waals surface area contributed by atoms with E-state index in [2.05, 4.69) is 36.3 Å². The van der Waals surface area contributed by atoms with Crippen molar-refractivity contribution in [3.8, 4) is 0 Å². The fourth-order valence-electron chi connectivity index (χ4n) is 1.92. The minimum absolute atomic E-state index is 0.564. The van der Waals surface area contributed by atoms with Crippen molar-refractivity contribution < 1.29 is 4.42 Å². The van der Waals surface area contributed by atoms with Gasteiger partial charge in [-0.1, -0.05) is 19.9 Å². The molecule has 1 heterocycles. The second-order valence-electron chi connectivity index (χ2n) is 4.75. The topological polar surface area (TPSA) is 38.1 Å². The lowest BCUT2D eigenvalue weighted by molar-refractivity contribution is 0.559. The van der Waals surface area contributed by atoms with Crippen LogP contribution < -0.4 is 5.32 Å². The van der Waals surface area contributed by atoms with Gasteiger partial charge in [-0.3, -0.25) is 0 Å². The minimum Gasteiger partial charge on any atom is -0.441 e. The summed E-state index contributed by atoms with van der Waals surface area (Å²) in [6.45, 7) is 7.28. The Hall–Kier alpha value is -1.35. The van der Waals surface area contributed by atoms with Crippen LogP contribution in [0.2, 0.25) is 0 Å². The summed E-state index contributed by atoms with van der Waals surface area (Å²) in [6, 6.07) is 6.84. The molecule has 92 valence electrons. The lowest BCUT2D eigenvalue weighted by Crippen LogP contribution is -2.23. The zero-order valence-electron chi connectivity index (χ0n) is 10.8. The van der Waals surface area contributed by atoms with E-state index < -0.39 is 0 Å². The van der Waals surface area contributed by atoms with Gasteiger partial charge in [0.05, 0.1) is 0 Å². The first-order chi connectivity index (χ1) is 8.15. The van der Waals surface area contributed by atoms with E-state index in [1.165, 1.54) is 5.56 Å². The fraction of sp³-hybridized carbons (Fsp3) is 0.500. The number of hydrogen-bond acceptors (Lipinski definition) is 3. The van der Waals surface area contributed by atoms with Gasteiger partial charge >= 0.3 is 0 Å². The average Bonchev–Trinajstić information content (AvgIpc) is 2.63. The highest BCUT2D eigenvalue weighted by Gasteiger charge is 2.03. The Balaban J connectivity index is 1.94. The predicted octanol–water partition coefficient (Wildman–Crippen LogP) is 3.07. The van der Waals surface area contributed by atoms with Crippen molar-refractivity contribution in [2.24, 2.45) is 0 Å². The van der Waals surface area contributed by atoms with E-state index in [4.69, 9.17) is 4.42 Å². The largest absolute Gasteiger partial charge is 0.441 e. The van der Waals surface area contributed by atoms with Gasteiger partial charge in [-0.05, 0) is 37.1 Å². The third-order valence-corrected chi connectivity index (χ3v) is 2.75. The quantitative estimate of drug-likeness (QED) is 0.805. The van der Waals surface area contributed by atoms with Gasteiger partial charge in [0.2, 0.25) is 0 Å². The van der Waals surface area contributed by atoms with Gasteiger partial charge in [0.25, 0.3) is 0 Å². The maximum atomic E-state index is 5.53. The number of oxazole rings is 1. The van der Waals surface area contributed by atoms with Crippen molar-refractivity contribution in [3.63, 3.8) is 0 Å². The lowest BCUT2D eigenvalue weighted by Gasteiger charge is -2.07. The Bertz CT molecular complexity index is 488. The van der Waals surface area contributed by atoms with E-state index in [0.29, 0.717) is 6.04 Å². The number of aromatic nitrogens is 1. The summed E-state index contributed by atoms with van der Waals surface area (Å²) in [5, 5.41) is 3.42. The molecule has 0 amide bonds. The molecule has 0 aliphatic rings. The number of nitrogens with one attached hydrogen (secondary N) is 1. The van der Waals surface area contributed by atoms with Crippen molar-refractivity contribution in [1.29, 1.82) is 0 Å². The van der Waals surface area contributed by atoms with Gasteiger partial charge < -0.3 is 9.73 Å². The minimum atomic E-state index is 0.564. The van der Waals surface area contributed by atoms with Gasteiger partial charge in [-0.15, -0.1) is 0 Å². The fourth-order valence-corrected chi connectivity index (χ4v) is 1.92. The summed E-state index contributed by atoms with van der Waals surface area (Å²) in [7, 11) is 0. The Morgan fingerprint density at radius 3 is 2.94 bits per heavy atom. The molecular formula is C14H20N2O. The SMILES string of the molecule is Cc1nc2ccc(CCCNC(C)C)cc2o1. The standard InChI is InChI=1S/C14H20N2O/c1-10(2)15-8-4-5-12-6-7-13-14(9-12)17-11(3)16-13/h6-7,9-10,15H,4-5,8H2,1-3H3. The normalized spacial score (nSPS) is 11.5. The monoisotopic (exact) mass is 232 g/mol. The number of nitrogens with zero attached hydrogens (tertiary/aromatic N) is 1. The van der Waals surface area contributed by atoms with E-state index >= 15 is 0 Å². The highest BCUT2D eigenvalue weighted by atomic mass is 16.3. The van der Waals surface area contributed by atoms with Crippen LogP contribution in [-0.2, 0) is 6.42 Å². The molecule has 3 heteroatoms. The molecule has 0 bridgehead atoms. The van der Waals surface area contributed by atoms with Gasteiger partial charge in [-0.25, -0.2) is 4.98 Å². The molecule has 2 rings (SSSR count). The van der Waals surface area contributed by atoms with Crippen LogP contribution in [0.25, 0.3) is 11.1 Å². The van der Waals surface area contributed by atoms with Crippen molar-refractivity contribution in [2.45, 2.75) is 39.7 Å². The summed E-state index contributed by atoms with van der Waals surface area (Å²) in [4.78, 5) is 4.29. The molecule has 1 aromatic carbocycles. The number of hydrogen-bond donors (Lipinski definition) is 1. The van der Waals surface area contributed by atoms with Gasteiger partial charge in [0.15, 0.2) is 11.5 Å². The van der Waals surface area contributed by atoms with E-state index in [-0.39, 0.29) is 0 Å². The van der Waals surface area contributed by atoms with Crippen molar-refractivity contribution in [1.82, 2.24) is 10.3 Å². The van der Waals surface area contributed by atoms with Gasteiger partial charge in [0.1, 0.15) is 5.52 Å². The maximum Gasteiger partial charge on any atom is 0.192 e. The Morgan fingerprint density at radius 1 is 1.35 bits per heavy atom. The number of fused-ring (bicyclic) bond motifs is 1. The van der Waals surface area contributed by atoms with Crippen molar-refractivity contribution >= 4 is 11.1 Å². The van der Waals surface area contributed by atoms with Crippen molar-refractivity contribution in [2.75, 3.05) is 6.54 Å². The summed E-state index contributed by atoms with van der Waals surface area (Å²) in [5.41, 5.74) is 3.17. The molecule has 0 atom stereocenters. The maximum absolute atomic E-state index is 5.53. The number of rotatable bonds is 5. The Morgan fingerprint density at radius 2 is 2.18 bits per heavy atom. The highest BCUT2D eigenvalue weighted by Crippen LogP contribution is 2.17. The van der Waals surface area contributed by atoms with E-state index in [1.54, 1.807) is 0 Å². The molecule has 0 aliphatic carbocycles. The van der Waals surface area contributed by atoms with Crippen LogP contribution in [0.1, 0.15) is 31.7 Å². The summed E-state index contributed by atoms with van der Waals surface area (Å²) >= 11 is 0. The average molecular weight is 232 g/mol. The van der Waals surface area contributed by atoms with Crippen LogP contribution in [0.5, 0.6) is 0 Å². The summed E-state index contributed by atoms with van der Waals surface area (Å²) in [6.07, 6.45) is 2.23. The molecule has 0 radical (unpaired) electrons. The number of benzene rings is 1. The summed E-state index contributed by atoms with van der Waals surface area (Å²) in [5.74, 6) is 0.735. The molecule has 0 aliphatic heterocycles. The van der Waals surface area contributed by atoms with E-state index in [1.807, 2.05) is 13.0 Å². The molecule has 0 fully saturated rings. The molecule has 3 nitrogen and oxygen atoms in total. The second kappa shape index (κ2) is 5.32. The van der Waals surface area contributed by atoms with Crippen LogP contribution >= 0.6 is 0 Å². The van der Waals surface area contributed by atoms with Crippen LogP contribution in [0, 0.1) is 6.92 Å². The second-order valence-corrected chi connectivity index (χ2v) is 4.75. The number of aryl methyl sites for hydroxylation is 2. The molecule has 0 saturated carbocycles. The highest BCUT2D eigenvalue weighted by molar-refractivity contribution is 5.73. The molecule has 1 aromatic heterocycles. The molecule has 0 spiro atoms. The van der Waals surface area contributed by atoms with E-state index in [0.717, 1.165) is 36.4 Å². The third kappa shape index (κ3) is 3.30. The van der Waals surface area contributed by atoms with Crippen LogP contribution in [0.4, 0.5) is 0 Å². The predicted molar refractivity (Wildman–Crippen MR) is 70.2 cm³/mol. The zero-order valence-corrected chi connectivity index (χ0v) is 10.8.